The number of carbonyl (C=O) groups excluding carboxylic acids is 1. The molecule has 27 heavy (non-hydrogen) atoms. The third-order valence-electron chi connectivity index (χ3n) is 4.06. The number of rotatable bonds is 11. The van der Waals surface area contributed by atoms with Gasteiger partial charge in [-0.1, -0.05) is 62.9 Å². The first-order valence-electron chi connectivity index (χ1n) is 9.33. The number of hydrogen-bond donors (Lipinski definition) is 1. The van der Waals surface area contributed by atoms with E-state index in [0.717, 1.165) is 12.8 Å². The molecule has 5 nitrogen and oxygen atoms in total. The van der Waals surface area contributed by atoms with E-state index in [0.29, 0.717) is 17.9 Å². The van der Waals surface area contributed by atoms with Crippen LogP contribution >= 0.6 is 7.60 Å². The Hall–Kier alpha value is -2.10. The molecule has 0 spiro atoms. The van der Waals surface area contributed by atoms with Gasteiger partial charge in [0.15, 0.2) is 0 Å². The van der Waals surface area contributed by atoms with Gasteiger partial charge in [-0.05, 0) is 36.2 Å². The zero-order chi connectivity index (χ0) is 19.5. The highest BCUT2D eigenvalue weighted by Crippen LogP contribution is 2.46. The van der Waals surface area contributed by atoms with E-state index in [1.54, 1.807) is 36.4 Å². The summed E-state index contributed by atoms with van der Waals surface area (Å²) in [5, 5.41) is 0. The lowest BCUT2D eigenvalue weighted by molar-refractivity contribution is 0.0716. The van der Waals surface area contributed by atoms with Crippen molar-refractivity contribution in [3.8, 4) is 5.75 Å². The zero-order valence-electron chi connectivity index (χ0n) is 15.7. The average molecular weight is 390 g/mol. The van der Waals surface area contributed by atoms with Gasteiger partial charge in [-0.15, -0.1) is 0 Å². The van der Waals surface area contributed by atoms with Crippen molar-refractivity contribution in [2.24, 2.45) is 0 Å². The van der Waals surface area contributed by atoms with Crippen LogP contribution in [0.25, 0.3) is 0 Å². The van der Waals surface area contributed by atoms with Crippen molar-refractivity contribution < 1.29 is 23.5 Å². The molecule has 1 N–H and O–H groups in total. The molecule has 1 atom stereocenters. The summed E-state index contributed by atoms with van der Waals surface area (Å²) >= 11 is 0. The largest absolute Gasteiger partial charge is 0.494 e. The molecule has 6 heteroatoms. The highest BCUT2D eigenvalue weighted by Gasteiger charge is 2.25. The van der Waals surface area contributed by atoms with Crippen molar-refractivity contribution in [1.29, 1.82) is 0 Å². The van der Waals surface area contributed by atoms with Gasteiger partial charge in [0.2, 0.25) is 0 Å². The summed E-state index contributed by atoms with van der Waals surface area (Å²) in [4.78, 5) is 22.1. The predicted molar refractivity (Wildman–Crippen MR) is 106 cm³/mol. The first kappa shape index (κ1) is 21.2. The SMILES string of the molecule is CCCCCCCOc1ccc(C(=O)OP(=O)(O)Cc2ccccc2)cc1. The predicted octanol–water partition coefficient (Wildman–Crippen LogP) is 5.58. The van der Waals surface area contributed by atoms with Crippen LogP contribution < -0.4 is 4.74 Å². The summed E-state index contributed by atoms with van der Waals surface area (Å²) in [5.41, 5.74) is 0.853. The Morgan fingerprint density at radius 1 is 0.963 bits per heavy atom. The molecule has 2 aromatic carbocycles. The highest BCUT2D eigenvalue weighted by molar-refractivity contribution is 7.52. The molecule has 0 aliphatic rings. The zero-order valence-corrected chi connectivity index (χ0v) is 16.6. The van der Waals surface area contributed by atoms with E-state index in [-0.39, 0.29) is 11.7 Å². The van der Waals surface area contributed by atoms with Crippen molar-refractivity contribution in [3.05, 3.63) is 65.7 Å². The Labute approximate surface area is 160 Å². The lowest BCUT2D eigenvalue weighted by Gasteiger charge is -2.12. The van der Waals surface area contributed by atoms with Gasteiger partial charge in [-0.3, -0.25) is 0 Å². The van der Waals surface area contributed by atoms with Gasteiger partial charge in [0.1, 0.15) is 5.75 Å². The monoisotopic (exact) mass is 390 g/mol. The third kappa shape index (κ3) is 7.98. The molecule has 0 saturated heterocycles. The van der Waals surface area contributed by atoms with Gasteiger partial charge < -0.3 is 14.2 Å². The number of carbonyl (C=O) groups is 1. The topological polar surface area (TPSA) is 72.8 Å². The van der Waals surface area contributed by atoms with Gasteiger partial charge in [0.25, 0.3) is 0 Å². The third-order valence-corrected chi connectivity index (χ3v) is 5.27. The van der Waals surface area contributed by atoms with Gasteiger partial charge in [-0.2, -0.15) is 0 Å². The van der Waals surface area contributed by atoms with Crippen molar-refractivity contribution in [1.82, 2.24) is 0 Å². The Kier molecular flexibility index (Phi) is 8.56. The summed E-state index contributed by atoms with van der Waals surface area (Å²) in [6, 6.07) is 15.2. The van der Waals surface area contributed by atoms with Gasteiger partial charge in [-0.25, -0.2) is 9.36 Å². The van der Waals surface area contributed by atoms with Crippen LogP contribution in [0.3, 0.4) is 0 Å². The van der Waals surface area contributed by atoms with Crippen LogP contribution in [0.1, 0.15) is 54.9 Å². The number of hydrogen-bond acceptors (Lipinski definition) is 4. The van der Waals surface area contributed by atoms with Gasteiger partial charge in [0, 0.05) is 0 Å². The number of benzene rings is 2. The molecule has 1 unspecified atom stereocenters. The highest BCUT2D eigenvalue weighted by atomic mass is 31.2. The fourth-order valence-corrected chi connectivity index (χ4v) is 3.71. The molecule has 0 fully saturated rings. The molecule has 2 aromatic rings. The Morgan fingerprint density at radius 2 is 1.63 bits per heavy atom. The lowest BCUT2D eigenvalue weighted by atomic mass is 10.2. The summed E-state index contributed by atoms with van der Waals surface area (Å²) in [6.07, 6.45) is 5.61. The number of unbranched alkanes of at least 4 members (excludes halogenated alkanes) is 4. The molecular weight excluding hydrogens is 363 g/mol. The molecule has 0 amide bonds. The Bertz CT molecular complexity index is 743. The van der Waals surface area contributed by atoms with Crippen molar-refractivity contribution in [2.75, 3.05) is 6.61 Å². The minimum Gasteiger partial charge on any atom is -0.494 e. The smallest absolute Gasteiger partial charge is 0.383 e. The maximum atomic E-state index is 12.2. The van der Waals surface area contributed by atoms with Crippen LogP contribution in [-0.4, -0.2) is 17.5 Å². The fourth-order valence-electron chi connectivity index (χ4n) is 2.61. The maximum absolute atomic E-state index is 12.2. The van der Waals surface area contributed by atoms with Gasteiger partial charge in [0.05, 0.1) is 18.3 Å². The van der Waals surface area contributed by atoms with E-state index >= 15 is 0 Å². The standard InChI is InChI=1S/C21H27O5P/c1-2-3-4-5-9-16-25-20-14-12-19(13-15-20)21(22)26-27(23,24)17-18-10-7-6-8-11-18/h6-8,10-15H,2-5,9,16-17H2,1H3,(H,23,24). The van der Waals surface area contributed by atoms with E-state index in [4.69, 9.17) is 9.26 Å². The van der Waals surface area contributed by atoms with Crippen LogP contribution in [-0.2, 0) is 15.3 Å². The molecule has 2 rings (SSSR count). The minimum atomic E-state index is -4.06. The summed E-state index contributed by atoms with van der Waals surface area (Å²) in [7, 11) is -4.06. The summed E-state index contributed by atoms with van der Waals surface area (Å²) in [5.74, 6) is -0.151. The van der Waals surface area contributed by atoms with E-state index < -0.39 is 13.6 Å². The van der Waals surface area contributed by atoms with Crippen LogP contribution in [0.2, 0.25) is 0 Å². The van der Waals surface area contributed by atoms with Crippen LogP contribution in [0.15, 0.2) is 54.6 Å². The second-order valence-electron chi connectivity index (χ2n) is 6.45. The summed E-state index contributed by atoms with van der Waals surface area (Å²) < 4.78 is 22.7. The van der Waals surface area contributed by atoms with E-state index in [1.807, 2.05) is 6.07 Å². The first-order chi connectivity index (χ1) is 13.0. The van der Waals surface area contributed by atoms with E-state index in [2.05, 4.69) is 6.92 Å². The summed E-state index contributed by atoms with van der Waals surface area (Å²) in [6.45, 7) is 2.82. The minimum absolute atomic E-state index is 0.210. The van der Waals surface area contributed by atoms with Crippen molar-refractivity contribution >= 4 is 13.6 Å². The quantitative estimate of drug-likeness (QED) is 0.401. The molecule has 0 aliphatic heterocycles. The first-order valence-corrected chi connectivity index (χ1v) is 11.1. The molecule has 0 aliphatic carbocycles. The average Bonchev–Trinajstić information content (AvgIpc) is 2.65. The molecule has 0 aromatic heterocycles. The normalized spacial score (nSPS) is 13.0. The second-order valence-corrected chi connectivity index (χ2v) is 8.22. The number of ether oxygens (including phenoxy) is 1. The van der Waals surface area contributed by atoms with E-state index in [9.17, 15) is 14.3 Å². The lowest BCUT2D eigenvalue weighted by Crippen LogP contribution is -2.05. The van der Waals surface area contributed by atoms with E-state index in [1.165, 1.54) is 31.4 Å². The van der Waals surface area contributed by atoms with Crippen LogP contribution in [0.5, 0.6) is 5.75 Å². The van der Waals surface area contributed by atoms with Crippen molar-refractivity contribution in [3.63, 3.8) is 0 Å². The molecule has 146 valence electrons. The van der Waals surface area contributed by atoms with Gasteiger partial charge >= 0.3 is 13.6 Å². The molecule has 0 bridgehead atoms. The molecule has 0 saturated carbocycles. The second kappa shape index (κ2) is 10.9. The van der Waals surface area contributed by atoms with Crippen LogP contribution in [0, 0.1) is 0 Å². The Morgan fingerprint density at radius 3 is 2.30 bits per heavy atom. The maximum Gasteiger partial charge on any atom is 0.383 e. The molecular formula is C21H27O5P. The molecule has 0 radical (unpaired) electrons. The van der Waals surface area contributed by atoms with Crippen LogP contribution in [0.4, 0.5) is 0 Å². The Balaban J connectivity index is 1.81. The fraction of sp³-hybridized carbons (Fsp3) is 0.381. The molecule has 0 heterocycles. The van der Waals surface area contributed by atoms with Crippen molar-refractivity contribution in [2.45, 2.75) is 45.2 Å².